The number of rotatable bonds is 1. The fourth-order valence-corrected chi connectivity index (χ4v) is 2.36. The molecule has 100 valence electrons. The first-order valence-corrected chi connectivity index (χ1v) is 5.92. The van der Waals surface area contributed by atoms with Crippen molar-refractivity contribution in [3.63, 3.8) is 0 Å². The van der Waals surface area contributed by atoms with Crippen molar-refractivity contribution in [2.75, 3.05) is 20.2 Å². The lowest BCUT2D eigenvalue weighted by atomic mass is 9.92. The second kappa shape index (κ2) is 4.80. The molecule has 1 aliphatic heterocycles. The van der Waals surface area contributed by atoms with Crippen LogP contribution in [-0.4, -0.2) is 20.2 Å². The van der Waals surface area contributed by atoms with E-state index in [4.69, 9.17) is 4.74 Å². The molecule has 0 aliphatic carbocycles. The average Bonchev–Trinajstić information content (AvgIpc) is 2.48. The number of halogens is 3. The predicted molar refractivity (Wildman–Crippen MR) is 63.0 cm³/mol. The maximum Gasteiger partial charge on any atom is 0.419 e. The molecule has 0 aromatic heterocycles. The molecule has 1 aromatic rings. The van der Waals surface area contributed by atoms with Crippen LogP contribution in [0.25, 0.3) is 0 Å². The molecule has 0 spiro atoms. The van der Waals surface area contributed by atoms with Crippen molar-refractivity contribution in [1.29, 1.82) is 0 Å². The molecule has 5 heteroatoms. The Balaban J connectivity index is 2.56. The molecule has 1 N–H and O–H groups in total. The van der Waals surface area contributed by atoms with Gasteiger partial charge in [-0.3, -0.25) is 0 Å². The molecular weight excluding hydrogens is 243 g/mol. The Morgan fingerprint density at radius 2 is 2.06 bits per heavy atom. The van der Waals surface area contributed by atoms with Crippen molar-refractivity contribution in [3.8, 4) is 5.75 Å². The van der Waals surface area contributed by atoms with Gasteiger partial charge in [-0.1, -0.05) is 6.92 Å². The van der Waals surface area contributed by atoms with Gasteiger partial charge in [-0.25, -0.2) is 0 Å². The van der Waals surface area contributed by atoms with Gasteiger partial charge >= 0.3 is 6.18 Å². The Morgan fingerprint density at radius 1 is 1.33 bits per heavy atom. The molecule has 0 fully saturated rings. The maximum absolute atomic E-state index is 12.9. The van der Waals surface area contributed by atoms with Gasteiger partial charge in [-0.05, 0) is 42.1 Å². The lowest BCUT2D eigenvalue weighted by molar-refractivity contribution is -0.138. The SMILES string of the molecule is COc1cc2c(cc1C(F)(F)F)[C@H](C)CNCC2. The van der Waals surface area contributed by atoms with Crippen LogP contribution in [0.15, 0.2) is 12.1 Å². The Kier molecular flexibility index (Phi) is 3.52. The van der Waals surface area contributed by atoms with Crippen LogP contribution in [0.1, 0.15) is 29.5 Å². The standard InChI is InChI=1S/C13H16F3NO/c1-8-7-17-4-3-9-5-12(18-2)11(6-10(8)9)13(14,15)16/h5-6,8,17H,3-4,7H2,1-2H3/t8-/m1/s1. The van der Waals surface area contributed by atoms with Crippen LogP contribution in [-0.2, 0) is 12.6 Å². The lowest BCUT2D eigenvalue weighted by Crippen LogP contribution is -2.18. The summed E-state index contributed by atoms with van der Waals surface area (Å²) >= 11 is 0. The van der Waals surface area contributed by atoms with Crippen LogP contribution < -0.4 is 10.1 Å². The van der Waals surface area contributed by atoms with Gasteiger partial charge in [0.25, 0.3) is 0 Å². The minimum absolute atomic E-state index is 0.0782. The van der Waals surface area contributed by atoms with Gasteiger partial charge in [0.15, 0.2) is 0 Å². The van der Waals surface area contributed by atoms with Crippen molar-refractivity contribution >= 4 is 0 Å². The van der Waals surface area contributed by atoms with Crippen LogP contribution in [0.5, 0.6) is 5.75 Å². The first kappa shape index (κ1) is 13.2. The van der Waals surface area contributed by atoms with Crippen LogP contribution in [0.2, 0.25) is 0 Å². The zero-order valence-corrected chi connectivity index (χ0v) is 10.4. The molecule has 0 saturated heterocycles. The molecular formula is C13H16F3NO. The number of hydrogen-bond donors (Lipinski definition) is 1. The number of alkyl halides is 3. The van der Waals surface area contributed by atoms with E-state index < -0.39 is 11.7 Å². The third-order valence-electron chi connectivity index (χ3n) is 3.32. The molecule has 18 heavy (non-hydrogen) atoms. The minimum Gasteiger partial charge on any atom is -0.496 e. The molecule has 0 amide bonds. The molecule has 1 aliphatic rings. The zero-order valence-electron chi connectivity index (χ0n) is 10.4. The fourth-order valence-electron chi connectivity index (χ4n) is 2.36. The van der Waals surface area contributed by atoms with Gasteiger partial charge in [-0.15, -0.1) is 0 Å². The molecule has 1 atom stereocenters. The molecule has 0 radical (unpaired) electrons. The number of nitrogens with one attached hydrogen (secondary N) is 1. The van der Waals surface area contributed by atoms with E-state index in [9.17, 15) is 13.2 Å². The maximum atomic E-state index is 12.9. The number of hydrogen-bond acceptors (Lipinski definition) is 2. The Bertz CT molecular complexity index is 443. The van der Waals surface area contributed by atoms with Crippen LogP contribution in [0.4, 0.5) is 13.2 Å². The summed E-state index contributed by atoms with van der Waals surface area (Å²) in [5, 5.41) is 3.22. The summed E-state index contributed by atoms with van der Waals surface area (Å²) in [7, 11) is 1.27. The Morgan fingerprint density at radius 3 is 2.67 bits per heavy atom. The summed E-state index contributed by atoms with van der Waals surface area (Å²) in [5.41, 5.74) is 1.03. The van der Waals surface area contributed by atoms with Crippen molar-refractivity contribution < 1.29 is 17.9 Å². The van der Waals surface area contributed by atoms with Gasteiger partial charge in [0.2, 0.25) is 0 Å². The van der Waals surface area contributed by atoms with Crippen molar-refractivity contribution in [2.24, 2.45) is 0 Å². The molecule has 1 aromatic carbocycles. The summed E-state index contributed by atoms with van der Waals surface area (Å²) < 4.78 is 43.7. The molecule has 0 bridgehead atoms. The summed E-state index contributed by atoms with van der Waals surface area (Å²) in [6.45, 7) is 3.42. The fraction of sp³-hybridized carbons (Fsp3) is 0.538. The largest absolute Gasteiger partial charge is 0.496 e. The van der Waals surface area contributed by atoms with Gasteiger partial charge in [0.1, 0.15) is 5.75 Å². The molecule has 0 unspecified atom stereocenters. The van der Waals surface area contributed by atoms with Crippen LogP contribution in [0.3, 0.4) is 0 Å². The normalized spacial score (nSPS) is 20.2. The third kappa shape index (κ3) is 2.46. The number of ether oxygens (including phenoxy) is 1. The summed E-state index contributed by atoms with van der Waals surface area (Å²) in [6, 6.07) is 2.77. The second-order valence-electron chi connectivity index (χ2n) is 4.60. The first-order chi connectivity index (χ1) is 8.43. The molecule has 2 nitrogen and oxygen atoms in total. The molecule has 0 saturated carbocycles. The summed E-state index contributed by atoms with van der Waals surface area (Å²) in [5.74, 6) is -0.00939. The van der Waals surface area contributed by atoms with Crippen LogP contribution in [0, 0.1) is 0 Å². The van der Waals surface area contributed by atoms with Crippen molar-refractivity contribution in [3.05, 3.63) is 28.8 Å². The highest BCUT2D eigenvalue weighted by Crippen LogP contribution is 2.39. The predicted octanol–water partition coefficient (Wildman–Crippen LogP) is 2.96. The van der Waals surface area contributed by atoms with E-state index in [1.165, 1.54) is 19.2 Å². The van der Waals surface area contributed by atoms with E-state index in [0.717, 1.165) is 24.1 Å². The average molecular weight is 259 g/mol. The van der Waals surface area contributed by atoms with Crippen molar-refractivity contribution in [1.82, 2.24) is 5.32 Å². The highest BCUT2D eigenvalue weighted by atomic mass is 19.4. The van der Waals surface area contributed by atoms with E-state index in [2.05, 4.69) is 5.32 Å². The molecule has 2 rings (SSSR count). The number of fused-ring (bicyclic) bond motifs is 1. The summed E-state index contributed by atoms with van der Waals surface area (Å²) in [4.78, 5) is 0. The Labute approximate surface area is 104 Å². The summed E-state index contributed by atoms with van der Waals surface area (Å²) in [6.07, 6.45) is -3.64. The smallest absolute Gasteiger partial charge is 0.419 e. The van der Waals surface area contributed by atoms with Gasteiger partial charge < -0.3 is 10.1 Å². The van der Waals surface area contributed by atoms with E-state index in [1.807, 2.05) is 6.92 Å². The third-order valence-corrected chi connectivity index (χ3v) is 3.32. The Hall–Kier alpha value is -1.23. The van der Waals surface area contributed by atoms with Crippen LogP contribution >= 0.6 is 0 Å². The highest BCUT2D eigenvalue weighted by molar-refractivity contribution is 5.46. The first-order valence-electron chi connectivity index (χ1n) is 5.92. The van der Waals surface area contributed by atoms with E-state index in [1.54, 1.807) is 0 Å². The molecule has 1 heterocycles. The van der Waals surface area contributed by atoms with E-state index in [0.29, 0.717) is 6.54 Å². The van der Waals surface area contributed by atoms with Gasteiger partial charge in [0, 0.05) is 6.54 Å². The van der Waals surface area contributed by atoms with Gasteiger partial charge in [0.05, 0.1) is 12.7 Å². The van der Waals surface area contributed by atoms with Crippen molar-refractivity contribution in [2.45, 2.75) is 25.4 Å². The monoisotopic (exact) mass is 259 g/mol. The number of benzene rings is 1. The quantitative estimate of drug-likeness (QED) is 0.837. The second-order valence-corrected chi connectivity index (χ2v) is 4.60. The van der Waals surface area contributed by atoms with E-state index >= 15 is 0 Å². The lowest BCUT2D eigenvalue weighted by Gasteiger charge is -2.18. The highest BCUT2D eigenvalue weighted by Gasteiger charge is 2.35. The van der Waals surface area contributed by atoms with E-state index in [-0.39, 0.29) is 11.7 Å². The zero-order chi connectivity index (χ0) is 13.3. The van der Waals surface area contributed by atoms with Gasteiger partial charge in [-0.2, -0.15) is 13.2 Å². The number of methoxy groups -OCH3 is 1. The minimum atomic E-state index is -4.38. The topological polar surface area (TPSA) is 21.3 Å².